The second-order valence-corrected chi connectivity index (χ2v) is 7.97. The minimum Gasteiger partial charge on any atom is -0.309 e. The molecule has 2 aromatic rings. The Morgan fingerprint density at radius 1 is 1.39 bits per heavy atom. The molecule has 0 saturated heterocycles. The third-order valence-corrected chi connectivity index (χ3v) is 6.21. The van der Waals surface area contributed by atoms with Crippen LogP contribution >= 0.6 is 11.3 Å². The topological polar surface area (TPSA) is 57.8 Å². The van der Waals surface area contributed by atoms with Crippen LogP contribution < -0.4 is 10.9 Å². The molecule has 0 spiro atoms. The van der Waals surface area contributed by atoms with Crippen molar-refractivity contribution < 1.29 is 0 Å². The Morgan fingerprint density at radius 3 is 2.83 bits per heavy atom. The van der Waals surface area contributed by atoms with Crippen LogP contribution in [-0.4, -0.2) is 16.0 Å². The van der Waals surface area contributed by atoms with E-state index in [1.807, 2.05) is 0 Å². The van der Waals surface area contributed by atoms with Gasteiger partial charge in [0, 0.05) is 10.9 Å². The molecule has 0 fully saturated rings. The highest BCUT2D eigenvalue weighted by atomic mass is 32.1. The molecular weight excluding hydrogens is 306 g/mol. The summed E-state index contributed by atoms with van der Waals surface area (Å²) >= 11 is 1.72. The van der Waals surface area contributed by atoms with Gasteiger partial charge in [0.15, 0.2) is 0 Å². The van der Waals surface area contributed by atoms with Crippen LogP contribution in [0.3, 0.4) is 0 Å². The van der Waals surface area contributed by atoms with Gasteiger partial charge in [-0.1, -0.05) is 20.8 Å². The van der Waals surface area contributed by atoms with E-state index < -0.39 is 0 Å². The van der Waals surface area contributed by atoms with Crippen molar-refractivity contribution in [2.75, 3.05) is 0 Å². The van der Waals surface area contributed by atoms with E-state index in [2.05, 4.69) is 38.0 Å². The zero-order chi connectivity index (χ0) is 16.6. The Hall–Kier alpha value is -1.20. The Bertz CT molecular complexity index is 745. The van der Waals surface area contributed by atoms with Crippen LogP contribution in [0.25, 0.3) is 10.2 Å². The summed E-state index contributed by atoms with van der Waals surface area (Å²) in [5.74, 6) is 1.48. The molecule has 0 radical (unpaired) electrons. The first-order chi connectivity index (χ1) is 11.0. The second kappa shape index (κ2) is 6.73. The summed E-state index contributed by atoms with van der Waals surface area (Å²) in [6.07, 6.45) is 5.44. The molecule has 0 amide bonds. The lowest BCUT2D eigenvalue weighted by Gasteiger charge is -2.20. The average Bonchev–Trinajstić information content (AvgIpc) is 2.89. The predicted octanol–water partition coefficient (Wildman–Crippen LogP) is 3.95. The molecular formula is C18H27N3OS. The fourth-order valence-corrected chi connectivity index (χ4v) is 4.92. The third kappa shape index (κ3) is 3.22. The van der Waals surface area contributed by atoms with E-state index in [1.54, 1.807) is 11.3 Å². The first-order valence-electron chi connectivity index (χ1n) is 8.83. The average molecular weight is 334 g/mol. The smallest absolute Gasteiger partial charge is 0.259 e. The van der Waals surface area contributed by atoms with Crippen molar-refractivity contribution in [3.63, 3.8) is 0 Å². The highest BCUT2D eigenvalue weighted by Gasteiger charge is 2.24. The molecule has 3 rings (SSSR count). The van der Waals surface area contributed by atoms with Gasteiger partial charge >= 0.3 is 0 Å². The second-order valence-electron chi connectivity index (χ2n) is 6.88. The number of aromatic amines is 1. The van der Waals surface area contributed by atoms with E-state index in [0.717, 1.165) is 41.7 Å². The van der Waals surface area contributed by atoms with Crippen molar-refractivity contribution in [1.82, 2.24) is 15.3 Å². The third-order valence-electron chi connectivity index (χ3n) is 5.07. The van der Waals surface area contributed by atoms with Crippen LogP contribution in [0.15, 0.2) is 4.79 Å². The summed E-state index contributed by atoms with van der Waals surface area (Å²) in [5.41, 5.74) is 1.29. The van der Waals surface area contributed by atoms with Crippen molar-refractivity contribution in [2.45, 2.75) is 71.9 Å². The number of nitrogens with zero attached hydrogens (tertiary/aromatic N) is 1. The molecule has 2 aromatic heterocycles. The van der Waals surface area contributed by atoms with Crippen LogP contribution in [0.2, 0.25) is 0 Å². The minimum absolute atomic E-state index is 0.0373. The Kier molecular flexibility index (Phi) is 4.87. The molecule has 1 aliphatic carbocycles. The normalized spacial score (nSPS) is 19.3. The van der Waals surface area contributed by atoms with Gasteiger partial charge in [0.05, 0.1) is 11.4 Å². The standard InChI is InChI=1S/C18H27N3OS/c1-5-12(6-2)19-11(4)16-20-17(22)15-13-8-7-10(3)9-14(13)23-18(15)21-16/h10-12,19H,5-9H2,1-4H3,(H,20,21,22)/t10-,11+/m0/s1. The molecule has 0 saturated carbocycles. The van der Waals surface area contributed by atoms with Crippen molar-refractivity contribution in [3.05, 3.63) is 26.6 Å². The number of hydrogen-bond acceptors (Lipinski definition) is 4. The molecule has 0 aromatic carbocycles. The first-order valence-corrected chi connectivity index (χ1v) is 9.65. The summed E-state index contributed by atoms with van der Waals surface area (Å²) in [6, 6.07) is 0.526. The Labute approximate surface area is 141 Å². The first kappa shape index (κ1) is 16.7. The zero-order valence-electron chi connectivity index (χ0n) is 14.5. The molecule has 126 valence electrons. The lowest BCUT2D eigenvalue weighted by atomic mass is 9.89. The lowest BCUT2D eigenvalue weighted by molar-refractivity contribution is 0.421. The van der Waals surface area contributed by atoms with Crippen molar-refractivity contribution in [3.8, 4) is 0 Å². The van der Waals surface area contributed by atoms with Gasteiger partial charge in [-0.3, -0.25) is 4.79 Å². The van der Waals surface area contributed by atoms with Crippen molar-refractivity contribution >= 4 is 21.6 Å². The van der Waals surface area contributed by atoms with Gasteiger partial charge in [0.2, 0.25) is 0 Å². The number of thiophene rings is 1. The fraction of sp³-hybridized carbons (Fsp3) is 0.667. The number of aryl methyl sites for hydroxylation is 1. The summed E-state index contributed by atoms with van der Waals surface area (Å²) in [6.45, 7) is 8.74. The zero-order valence-corrected chi connectivity index (χ0v) is 15.3. The molecule has 2 N–H and O–H groups in total. The Morgan fingerprint density at radius 2 is 2.13 bits per heavy atom. The van der Waals surface area contributed by atoms with Gasteiger partial charge in [-0.25, -0.2) is 4.98 Å². The molecule has 5 heteroatoms. The van der Waals surface area contributed by atoms with Crippen LogP contribution in [0, 0.1) is 5.92 Å². The number of rotatable bonds is 5. The van der Waals surface area contributed by atoms with Crippen LogP contribution in [0.4, 0.5) is 0 Å². The van der Waals surface area contributed by atoms with Gasteiger partial charge in [-0.15, -0.1) is 11.3 Å². The Balaban J connectivity index is 1.97. The van der Waals surface area contributed by atoms with E-state index in [0.29, 0.717) is 12.0 Å². The summed E-state index contributed by atoms with van der Waals surface area (Å²) < 4.78 is 0. The molecule has 2 heterocycles. The minimum atomic E-state index is 0.0373. The summed E-state index contributed by atoms with van der Waals surface area (Å²) in [5, 5.41) is 4.41. The maximum absolute atomic E-state index is 12.6. The van der Waals surface area contributed by atoms with E-state index in [1.165, 1.54) is 16.9 Å². The summed E-state index contributed by atoms with van der Waals surface area (Å²) in [4.78, 5) is 22.7. The van der Waals surface area contributed by atoms with Gasteiger partial charge in [-0.2, -0.15) is 0 Å². The monoisotopic (exact) mass is 333 g/mol. The molecule has 0 unspecified atom stereocenters. The van der Waals surface area contributed by atoms with Crippen LogP contribution in [-0.2, 0) is 12.8 Å². The number of aromatic nitrogens is 2. The van der Waals surface area contributed by atoms with Crippen molar-refractivity contribution in [2.24, 2.45) is 5.92 Å². The highest BCUT2D eigenvalue weighted by Crippen LogP contribution is 2.35. The van der Waals surface area contributed by atoms with Crippen LogP contribution in [0.1, 0.15) is 69.3 Å². The van der Waals surface area contributed by atoms with Gasteiger partial charge < -0.3 is 10.3 Å². The number of fused-ring (bicyclic) bond motifs is 3. The van der Waals surface area contributed by atoms with Crippen LogP contribution in [0.5, 0.6) is 0 Å². The fourth-order valence-electron chi connectivity index (χ4n) is 3.53. The highest BCUT2D eigenvalue weighted by molar-refractivity contribution is 7.18. The number of hydrogen-bond donors (Lipinski definition) is 2. The molecule has 1 aliphatic rings. The quantitative estimate of drug-likeness (QED) is 0.871. The van der Waals surface area contributed by atoms with E-state index in [9.17, 15) is 4.79 Å². The predicted molar refractivity (Wildman–Crippen MR) is 97.4 cm³/mol. The molecule has 0 bridgehead atoms. The van der Waals surface area contributed by atoms with Gasteiger partial charge in [0.25, 0.3) is 5.56 Å². The SMILES string of the molecule is CCC(CC)N[C@H](C)c1nc2sc3c(c2c(=O)[nH]1)CC[C@H](C)C3. The summed E-state index contributed by atoms with van der Waals surface area (Å²) in [7, 11) is 0. The molecule has 0 aliphatic heterocycles. The van der Waals surface area contributed by atoms with E-state index >= 15 is 0 Å². The van der Waals surface area contributed by atoms with E-state index in [4.69, 9.17) is 4.98 Å². The molecule has 4 nitrogen and oxygen atoms in total. The molecule has 23 heavy (non-hydrogen) atoms. The van der Waals surface area contributed by atoms with Crippen molar-refractivity contribution in [1.29, 1.82) is 0 Å². The lowest BCUT2D eigenvalue weighted by Crippen LogP contribution is -2.32. The number of H-pyrrole nitrogens is 1. The van der Waals surface area contributed by atoms with E-state index in [-0.39, 0.29) is 11.6 Å². The van der Waals surface area contributed by atoms with Gasteiger partial charge in [0.1, 0.15) is 10.7 Å². The molecule has 2 atom stereocenters. The largest absolute Gasteiger partial charge is 0.309 e. The number of nitrogens with one attached hydrogen (secondary N) is 2. The maximum atomic E-state index is 12.6. The maximum Gasteiger partial charge on any atom is 0.259 e. The van der Waals surface area contributed by atoms with Gasteiger partial charge in [-0.05, 0) is 50.5 Å².